The second-order valence-corrected chi connectivity index (χ2v) is 7.61. The van der Waals surface area contributed by atoms with Crippen molar-refractivity contribution in [2.45, 2.75) is 42.8 Å². The number of hydrogen-bond donors (Lipinski definition) is 1. The van der Waals surface area contributed by atoms with Crippen LogP contribution in [-0.2, 0) is 4.79 Å². The molecule has 122 valence electrons. The molecule has 1 heterocycles. The van der Waals surface area contributed by atoms with Gasteiger partial charge in [0.15, 0.2) is 0 Å². The molecule has 1 aliphatic rings. The van der Waals surface area contributed by atoms with E-state index in [1.54, 1.807) is 11.8 Å². The van der Waals surface area contributed by atoms with Crippen molar-refractivity contribution in [1.82, 2.24) is 10.2 Å². The number of rotatable bonds is 7. The molecule has 0 saturated carbocycles. The Bertz CT molecular complexity index is 460. The van der Waals surface area contributed by atoms with Crippen molar-refractivity contribution in [2.75, 3.05) is 26.2 Å². The van der Waals surface area contributed by atoms with E-state index in [9.17, 15) is 4.79 Å². The molecular weight excluding hydrogens is 316 g/mol. The van der Waals surface area contributed by atoms with Gasteiger partial charge in [-0.25, -0.2) is 0 Å². The second-order valence-electron chi connectivity index (χ2n) is 5.76. The van der Waals surface area contributed by atoms with E-state index in [1.807, 2.05) is 31.2 Å². The van der Waals surface area contributed by atoms with Gasteiger partial charge in [-0.15, -0.1) is 11.8 Å². The maximum atomic E-state index is 12.1. The normalized spacial score (nSPS) is 17.2. The van der Waals surface area contributed by atoms with Gasteiger partial charge < -0.3 is 10.2 Å². The largest absolute Gasteiger partial charge is 0.355 e. The fraction of sp³-hybridized carbons (Fsp3) is 0.588. The lowest BCUT2D eigenvalue weighted by atomic mass is 10.1. The summed E-state index contributed by atoms with van der Waals surface area (Å²) in [6.07, 6.45) is 5.04. The average Bonchev–Trinajstić information content (AvgIpc) is 2.54. The summed E-state index contributed by atoms with van der Waals surface area (Å²) < 4.78 is 0. The first-order valence-corrected chi connectivity index (χ1v) is 9.33. The number of benzene rings is 1. The summed E-state index contributed by atoms with van der Waals surface area (Å²) in [5, 5.41) is 3.68. The van der Waals surface area contributed by atoms with Crippen LogP contribution in [0.1, 0.15) is 32.6 Å². The Morgan fingerprint density at radius 3 is 2.64 bits per heavy atom. The first-order chi connectivity index (χ1) is 10.6. The second kappa shape index (κ2) is 9.43. The van der Waals surface area contributed by atoms with Gasteiger partial charge in [0.2, 0.25) is 5.91 Å². The van der Waals surface area contributed by atoms with Gasteiger partial charge in [-0.2, -0.15) is 0 Å². The van der Waals surface area contributed by atoms with Crippen molar-refractivity contribution < 1.29 is 4.79 Å². The number of thioether (sulfide) groups is 1. The minimum absolute atomic E-state index is 0.0869. The third-order valence-corrected chi connectivity index (χ3v) is 5.26. The van der Waals surface area contributed by atoms with Crippen LogP contribution in [0.4, 0.5) is 0 Å². The molecular formula is C17H25ClN2OS. The van der Waals surface area contributed by atoms with Crippen molar-refractivity contribution in [2.24, 2.45) is 0 Å². The van der Waals surface area contributed by atoms with Crippen LogP contribution in [0.3, 0.4) is 0 Å². The Kier molecular flexibility index (Phi) is 7.56. The summed E-state index contributed by atoms with van der Waals surface area (Å²) in [5.41, 5.74) is 0. The Morgan fingerprint density at radius 1 is 1.27 bits per heavy atom. The highest BCUT2D eigenvalue weighted by molar-refractivity contribution is 8.00. The van der Waals surface area contributed by atoms with Gasteiger partial charge >= 0.3 is 0 Å². The van der Waals surface area contributed by atoms with Crippen molar-refractivity contribution in [3.8, 4) is 0 Å². The van der Waals surface area contributed by atoms with Crippen molar-refractivity contribution in [3.05, 3.63) is 29.3 Å². The van der Waals surface area contributed by atoms with E-state index in [2.05, 4.69) is 10.2 Å². The Hall–Kier alpha value is -0.710. The Labute approximate surface area is 142 Å². The number of carbonyl (C=O) groups excluding carboxylic acids is 1. The summed E-state index contributed by atoms with van der Waals surface area (Å²) in [6, 6.07) is 7.61. The highest BCUT2D eigenvalue weighted by atomic mass is 35.5. The minimum Gasteiger partial charge on any atom is -0.355 e. The zero-order valence-corrected chi connectivity index (χ0v) is 14.8. The standard InChI is InChI=1S/C17H25ClN2OS/c1-14(22-16-8-6-15(18)7-9-16)17(21)19-10-5-13-20-11-3-2-4-12-20/h6-9,14H,2-5,10-13H2,1H3,(H,19,21)/t14-/m1/s1. The van der Waals surface area contributed by atoms with E-state index in [-0.39, 0.29) is 11.2 Å². The van der Waals surface area contributed by atoms with Crippen LogP contribution in [0.25, 0.3) is 0 Å². The van der Waals surface area contributed by atoms with E-state index in [1.165, 1.54) is 32.4 Å². The van der Waals surface area contributed by atoms with Gasteiger partial charge in [-0.1, -0.05) is 18.0 Å². The fourth-order valence-electron chi connectivity index (χ4n) is 2.61. The molecule has 1 fully saturated rings. The molecule has 1 aromatic carbocycles. The molecule has 5 heteroatoms. The van der Waals surface area contributed by atoms with Crippen LogP contribution >= 0.6 is 23.4 Å². The van der Waals surface area contributed by atoms with Gasteiger partial charge in [0.1, 0.15) is 0 Å². The SMILES string of the molecule is C[C@@H](Sc1ccc(Cl)cc1)C(=O)NCCCN1CCCCC1. The number of likely N-dealkylation sites (tertiary alicyclic amines) is 1. The minimum atomic E-state index is -0.0869. The van der Waals surface area contributed by atoms with E-state index < -0.39 is 0 Å². The van der Waals surface area contributed by atoms with Crippen LogP contribution in [0, 0.1) is 0 Å². The number of nitrogens with zero attached hydrogens (tertiary/aromatic N) is 1. The smallest absolute Gasteiger partial charge is 0.233 e. The molecule has 3 nitrogen and oxygen atoms in total. The number of nitrogens with one attached hydrogen (secondary N) is 1. The third kappa shape index (κ3) is 6.19. The molecule has 1 saturated heterocycles. The number of amides is 1. The predicted molar refractivity (Wildman–Crippen MR) is 94.7 cm³/mol. The number of piperidine rings is 1. The first-order valence-electron chi connectivity index (χ1n) is 8.07. The molecule has 1 amide bonds. The molecule has 1 aromatic rings. The lowest BCUT2D eigenvalue weighted by Crippen LogP contribution is -2.35. The third-order valence-electron chi connectivity index (χ3n) is 3.89. The molecule has 1 N–H and O–H groups in total. The summed E-state index contributed by atoms with van der Waals surface area (Å²) in [4.78, 5) is 15.7. The van der Waals surface area contributed by atoms with Gasteiger partial charge in [-0.3, -0.25) is 4.79 Å². The number of hydrogen-bond acceptors (Lipinski definition) is 3. The average molecular weight is 341 g/mol. The van der Waals surface area contributed by atoms with Crippen molar-refractivity contribution >= 4 is 29.3 Å². The molecule has 0 aromatic heterocycles. The maximum absolute atomic E-state index is 12.1. The predicted octanol–water partition coefficient (Wildman–Crippen LogP) is 3.81. The van der Waals surface area contributed by atoms with Crippen LogP contribution in [-0.4, -0.2) is 42.2 Å². The summed E-state index contributed by atoms with van der Waals surface area (Å²) in [7, 11) is 0. The van der Waals surface area contributed by atoms with E-state index in [0.717, 1.165) is 29.4 Å². The summed E-state index contributed by atoms with van der Waals surface area (Å²) in [6.45, 7) is 6.24. The molecule has 0 bridgehead atoms. The molecule has 1 atom stereocenters. The number of carbonyl (C=O) groups is 1. The molecule has 2 rings (SSSR count). The molecule has 0 aliphatic carbocycles. The Balaban J connectivity index is 1.62. The highest BCUT2D eigenvalue weighted by Gasteiger charge is 2.14. The van der Waals surface area contributed by atoms with Gasteiger partial charge in [0, 0.05) is 16.5 Å². The monoisotopic (exact) mass is 340 g/mol. The van der Waals surface area contributed by atoms with E-state index in [0.29, 0.717) is 0 Å². The molecule has 22 heavy (non-hydrogen) atoms. The maximum Gasteiger partial charge on any atom is 0.233 e. The van der Waals surface area contributed by atoms with Gasteiger partial charge in [0.25, 0.3) is 0 Å². The van der Waals surface area contributed by atoms with Crippen LogP contribution in [0.5, 0.6) is 0 Å². The molecule has 0 unspecified atom stereocenters. The van der Waals surface area contributed by atoms with E-state index >= 15 is 0 Å². The lowest BCUT2D eigenvalue weighted by molar-refractivity contribution is -0.120. The molecule has 0 radical (unpaired) electrons. The first kappa shape index (κ1) is 17.6. The van der Waals surface area contributed by atoms with Crippen LogP contribution in [0.15, 0.2) is 29.2 Å². The zero-order chi connectivity index (χ0) is 15.8. The van der Waals surface area contributed by atoms with Crippen LogP contribution < -0.4 is 5.32 Å². The fourth-order valence-corrected chi connectivity index (χ4v) is 3.63. The lowest BCUT2D eigenvalue weighted by Gasteiger charge is -2.26. The zero-order valence-electron chi connectivity index (χ0n) is 13.2. The topological polar surface area (TPSA) is 32.3 Å². The van der Waals surface area contributed by atoms with Gasteiger partial charge in [-0.05, 0) is 70.1 Å². The number of halogens is 1. The van der Waals surface area contributed by atoms with Gasteiger partial charge in [0.05, 0.1) is 5.25 Å². The molecule has 0 spiro atoms. The summed E-state index contributed by atoms with van der Waals surface area (Å²) in [5.74, 6) is 0.110. The van der Waals surface area contributed by atoms with Crippen molar-refractivity contribution in [1.29, 1.82) is 0 Å². The van der Waals surface area contributed by atoms with E-state index in [4.69, 9.17) is 11.6 Å². The van der Waals surface area contributed by atoms with Crippen LogP contribution in [0.2, 0.25) is 5.02 Å². The summed E-state index contributed by atoms with van der Waals surface area (Å²) >= 11 is 7.43. The quantitative estimate of drug-likeness (QED) is 0.605. The molecule has 1 aliphatic heterocycles. The Morgan fingerprint density at radius 2 is 1.95 bits per heavy atom. The van der Waals surface area contributed by atoms with Crippen molar-refractivity contribution in [3.63, 3.8) is 0 Å². The highest BCUT2D eigenvalue weighted by Crippen LogP contribution is 2.24.